The lowest BCUT2D eigenvalue weighted by molar-refractivity contribution is -0.133. The second-order valence-electron chi connectivity index (χ2n) is 5.94. The zero-order valence-corrected chi connectivity index (χ0v) is 14.0. The maximum Gasteiger partial charge on any atom is 0.222 e. The summed E-state index contributed by atoms with van der Waals surface area (Å²) in [5.74, 6) is 1.07. The fraction of sp³-hybridized carbons (Fsp3) is 0.611. The molecule has 1 aliphatic heterocycles. The minimum absolute atomic E-state index is 0.230. The first kappa shape index (κ1) is 17.8. The van der Waals surface area contributed by atoms with Gasteiger partial charge >= 0.3 is 0 Å². The van der Waals surface area contributed by atoms with Gasteiger partial charge in [-0.1, -0.05) is 12.1 Å². The van der Waals surface area contributed by atoms with Gasteiger partial charge in [0.25, 0.3) is 0 Å². The summed E-state index contributed by atoms with van der Waals surface area (Å²) in [6.07, 6.45) is 4.34. The molecule has 23 heavy (non-hydrogen) atoms. The van der Waals surface area contributed by atoms with Gasteiger partial charge in [-0.3, -0.25) is 4.79 Å². The van der Waals surface area contributed by atoms with E-state index in [1.165, 1.54) is 0 Å². The highest BCUT2D eigenvalue weighted by Crippen LogP contribution is 2.17. The van der Waals surface area contributed by atoms with Gasteiger partial charge in [0.05, 0.1) is 13.2 Å². The number of hydrogen-bond donors (Lipinski definition) is 1. The first-order chi connectivity index (χ1) is 11.2. The molecule has 0 aromatic heterocycles. The third kappa shape index (κ3) is 5.84. The van der Waals surface area contributed by atoms with Crippen LogP contribution in [-0.2, 0) is 16.0 Å². The fourth-order valence-corrected chi connectivity index (χ4v) is 2.84. The van der Waals surface area contributed by atoms with E-state index in [-0.39, 0.29) is 12.0 Å². The topological polar surface area (TPSA) is 64.8 Å². The van der Waals surface area contributed by atoms with Crippen molar-refractivity contribution in [2.75, 3.05) is 33.4 Å². The minimum atomic E-state index is 0.230. The number of carbonyl (C=O) groups excluding carboxylic acids is 1. The van der Waals surface area contributed by atoms with Gasteiger partial charge in [-0.05, 0) is 49.9 Å². The van der Waals surface area contributed by atoms with Crippen molar-refractivity contribution in [3.05, 3.63) is 29.8 Å². The van der Waals surface area contributed by atoms with Crippen LogP contribution in [0.2, 0.25) is 0 Å². The van der Waals surface area contributed by atoms with Crippen LogP contribution in [0.1, 0.15) is 31.2 Å². The smallest absolute Gasteiger partial charge is 0.222 e. The van der Waals surface area contributed by atoms with Crippen LogP contribution in [-0.4, -0.2) is 50.3 Å². The molecule has 0 atom stereocenters. The van der Waals surface area contributed by atoms with Gasteiger partial charge < -0.3 is 20.1 Å². The molecule has 5 nitrogen and oxygen atoms in total. The molecule has 1 saturated heterocycles. The average Bonchev–Trinajstić information content (AvgIpc) is 2.60. The van der Waals surface area contributed by atoms with Crippen molar-refractivity contribution < 1.29 is 14.3 Å². The van der Waals surface area contributed by atoms with E-state index in [2.05, 4.69) is 0 Å². The average molecular weight is 320 g/mol. The molecule has 0 saturated carbocycles. The van der Waals surface area contributed by atoms with Crippen molar-refractivity contribution in [2.24, 2.45) is 5.73 Å². The molecule has 0 spiro atoms. The second-order valence-corrected chi connectivity index (χ2v) is 5.94. The molecule has 1 heterocycles. The number of aryl methyl sites for hydroxylation is 1. The molecule has 0 bridgehead atoms. The lowest BCUT2D eigenvalue weighted by Crippen LogP contribution is -2.41. The maximum atomic E-state index is 12.3. The molecule has 0 unspecified atom stereocenters. The molecule has 2 N–H and O–H groups in total. The monoisotopic (exact) mass is 320 g/mol. The zero-order chi connectivity index (χ0) is 16.5. The Labute approximate surface area is 138 Å². The number of likely N-dealkylation sites (tertiary alicyclic amines) is 1. The Kier molecular flexibility index (Phi) is 7.36. The van der Waals surface area contributed by atoms with Crippen molar-refractivity contribution >= 4 is 5.91 Å². The normalized spacial score (nSPS) is 15.7. The third-order valence-corrected chi connectivity index (χ3v) is 4.26. The van der Waals surface area contributed by atoms with Crippen LogP contribution < -0.4 is 10.5 Å². The van der Waals surface area contributed by atoms with Crippen molar-refractivity contribution in [1.82, 2.24) is 4.90 Å². The van der Waals surface area contributed by atoms with Crippen LogP contribution in [0.4, 0.5) is 0 Å². The van der Waals surface area contributed by atoms with E-state index in [9.17, 15) is 4.79 Å². The van der Waals surface area contributed by atoms with Gasteiger partial charge in [-0.2, -0.15) is 0 Å². The molecular weight excluding hydrogens is 292 g/mol. The first-order valence-corrected chi connectivity index (χ1v) is 8.45. The molecule has 128 valence electrons. The van der Waals surface area contributed by atoms with Crippen LogP contribution in [0, 0.1) is 0 Å². The van der Waals surface area contributed by atoms with Gasteiger partial charge in [0.15, 0.2) is 0 Å². The minimum Gasteiger partial charge on any atom is -0.497 e. The number of carbonyl (C=O) groups is 1. The van der Waals surface area contributed by atoms with Gasteiger partial charge in [0.2, 0.25) is 5.91 Å². The largest absolute Gasteiger partial charge is 0.497 e. The Morgan fingerprint density at radius 2 is 2.13 bits per heavy atom. The van der Waals surface area contributed by atoms with Gasteiger partial charge in [0, 0.05) is 26.1 Å². The molecule has 2 rings (SSSR count). The Bertz CT molecular complexity index is 485. The van der Waals surface area contributed by atoms with Crippen LogP contribution in [0.15, 0.2) is 24.3 Å². The quantitative estimate of drug-likeness (QED) is 0.744. The maximum absolute atomic E-state index is 12.3. The Balaban J connectivity index is 1.70. The number of methoxy groups -OCH3 is 1. The summed E-state index contributed by atoms with van der Waals surface area (Å²) < 4.78 is 11.0. The Hall–Kier alpha value is -1.59. The Morgan fingerprint density at radius 3 is 2.83 bits per heavy atom. The molecule has 1 aliphatic rings. The van der Waals surface area contributed by atoms with Gasteiger partial charge in [-0.15, -0.1) is 0 Å². The number of hydrogen-bond acceptors (Lipinski definition) is 4. The van der Waals surface area contributed by atoms with Crippen molar-refractivity contribution in [3.63, 3.8) is 0 Å². The SMILES string of the molecule is COc1cccc(CCC(=O)N2CCC(OCCCN)CC2)c1. The molecule has 0 aliphatic carbocycles. The van der Waals surface area contributed by atoms with Crippen LogP contribution in [0.25, 0.3) is 0 Å². The van der Waals surface area contributed by atoms with Crippen molar-refractivity contribution in [1.29, 1.82) is 0 Å². The summed E-state index contributed by atoms with van der Waals surface area (Å²) >= 11 is 0. The van der Waals surface area contributed by atoms with E-state index in [4.69, 9.17) is 15.2 Å². The van der Waals surface area contributed by atoms with E-state index >= 15 is 0 Å². The lowest BCUT2D eigenvalue weighted by Gasteiger charge is -2.32. The summed E-state index contributed by atoms with van der Waals surface area (Å²) in [6, 6.07) is 7.90. The number of nitrogens with two attached hydrogens (primary N) is 1. The molecule has 1 aromatic carbocycles. The van der Waals surface area contributed by atoms with E-state index < -0.39 is 0 Å². The second kappa shape index (κ2) is 9.53. The van der Waals surface area contributed by atoms with Crippen molar-refractivity contribution in [2.45, 2.75) is 38.2 Å². The predicted molar refractivity (Wildman–Crippen MR) is 90.5 cm³/mol. The van der Waals surface area contributed by atoms with E-state index in [1.807, 2.05) is 29.2 Å². The molecule has 5 heteroatoms. The van der Waals surface area contributed by atoms with Crippen molar-refractivity contribution in [3.8, 4) is 5.75 Å². The fourth-order valence-electron chi connectivity index (χ4n) is 2.84. The highest BCUT2D eigenvalue weighted by atomic mass is 16.5. The molecule has 1 amide bonds. The zero-order valence-electron chi connectivity index (χ0n) is 14.0. The van der Waals surface area contributed by atoms with E-state index in [0.717, 1.165) is 56.7 Å². The number of piperidine rings is 1. The molecule has 1 fully saturated rings. The first-order valence-electron chi connectivity index (χ1n) is 8.45. The molecule has 1 aromatic rings. The highest BCUT2D eigenvalue weighted by Gasteiger charge is 2.22. The number of nitrogens with zero attached hydrogens (tertiary/aromatic N) is 1. The van der Waals surface area contributed by atoms with E-state index in [0.29, 0.717) is 13.0 Å². The predicted octanol–water partition coefficient (Wildman–Crippen LogP) is 1.98. The van der Waals surface area contributed by atoms with Crippen LogP contribution in [0.3, 0.4) is 0 Å². The Morgan fingerprint density at radius 1 is 1.35 bits per heavy atom. The van der Waals surface area contributed by atoms with Gasteiger partial charge in [-0.25, -0.2) is 0 Å². The lowest BCUT2D eigenvalue weighted by atomic mass is 10.1. The van der Waals surface area contributed by atoms with Crippen LogP contribution >= 0.6 is 0 Å². The third-order valence-electron chi connectivity index (χ3n) is 4.26. The van der Waals surface area contributed by atoms with Crippen LogP contribution in [0.5, 0.6) is 5.75 Å². The standard InChI is InChI=1S/C18H28N2O3/c1-22-17-5-2-4-15(14-17)6-7-18(21)20-11-8-16(9-12-20)23-13-3-10-19/h2,4-5,14,16H,3,6-13,19H2,1H3. The molecule has 0 radical (unpaired) electrons. The summed E-state index contributed by atoms with van der Waals surface area (Å²) in [6.45, 7) is 2.99. The summed E-state index contributed by atoms with van der Waals surface area (Å²) in [5.41, 5.74) is 6.60. The molecular formula is C18H28N2O3. The number of rotatable bonds is 8. The summed E-state index contributed by atoms with van der Waals surface area (Å²) in [7, 11) is 1.66. The van der Waals surface area contributed by atoms with Gasteiger partial charge in [0.1, 0.15) is 5.75 Å². The highest BCUT2D eigenvalue weighted by molar-refractivity contribution is 5.76. The number of ether oxygens (including phenoxy) is 2. The number of benzene rings is 1. The summed E-state index contributed by atoms with van der Waals surface area (Å²) in [5, 5.41) is 0. The van der Waals surface area contributed by atoms with E-state index in [1.54, 1.807) is 7.11 Å². The number of amides is 1. The summed E-state index contributed by atoms with van der Waals surface area (Å²) in [4.78, 5) is 14.3.